The predicted molar refractivity (Wildman–Crippen MR) is 112 cm³/mol. The molecule has 1 aliphatic heterocycles. The number of nitrogens with zero attached hydrogens (tertiary/aromatic N) is 5. The van der Waals surface area contributed by atoms with Gasteiger partial charge in [-0.15, -0.1) is 0 Å². The normalized spacial score (nSPS) is 14.5. The third-order valence-electron chi connectivity index (χ3n) is 4.97. The molecular formula is C20H20BrN5O2. The van der Waals surface area contributed by atoms with Gasteiger partial charge in [0.2, 0.25) is 0 Å². The zero-order valence-corrected chi connectivity index (χ0v) is 17.1. The highest BCUT2D eigenvalue weighted by Crippen LogP contribution is 2.20. The van der Waals surface area contributed by atoms with Gasteiger partial charge in [0.15, 0.2) is 11.5 Å². The fourth-order valence-electron chi connectivity index (χ4n) is 3.49. The van der Waals surface area contributed by atoms with Crippen LogP contribution in [0.15, 0.2) is 51.9 Å². The fraction of sp³-hybridized carbons (Fsp3) is 0.300. The summed E-state index contributed by atoms with van der Waals surface area (Å²) in [6.07, 6.45) is 1.67. The van der Waals surface area contributed by atoms with Gasteiger partial charge in [0.25, 0.3) is 11.5 Å². The number of fused-ring (bicyclic) bond motifs is 1. The SMILES string of the molecule is CCn1c(=O)c(N2CCN(C(=O)c3ccccc3Br)CC2)nc2cccnc21. The highest BCUT2D eigenvalue weighted by molar-refractivity contribution is 9.10. The number of hydrogen-bond acceptors (Lipinski definition) is 5. The van der Waals surface area contributed by atoms with Crippen molar-refractivity contribution in [1.29, 1.82) is 0 Å². The summed E-state index contributed by atoms with van der Waals surface area (Å²) in [6, 6.07) is 11.1. The molecule has 144 valence electrons. The fourth-order valence-corrected chi connectivity index (χ4v) is 3.94. The molecule has 3 heterocycles. The van der Waals surface area contributed by atoms with E-state index in [4.69, 9.17) is 0 Å². The van der Waals surface area contributed by atoms with Crippen LogP contribution in [0.25, 0.3) is 11.2 Å². The zero-order valence-electron chi connectivity index (χ0n) is 15.5. The Hall–Kier alpha value is -2.74. The number of carbonyl (C=O) groups is 1. The molecule has 8 heteroatoms. The summed E-state index contributed by atoms with van der Waals surface area (Å²) in [5.41, 5.74) is 1.81. The number of rotatable bonds is 3. The van der Waals surface area contributed by atoms with Crippen LogP contribution in [-0.4, -0.2) is 51.5 Å². The molecule has 0 atom stereocenters. The number of halogens is 1. The Bertz CT molecular complexity index is 1090. The van der Waals surface area contributed by atoms with Crippen LogP contribution in [0.4, 0.5) is 5.82 Å². The second-order valence-electron chi connectivity index (χ2n) is 6.59. The van der Waals surface area contributed by atoms with Crippen molar-refractivity contribution < 1.29 is 4.79 Å². The molecule has 0 spiro atoms. The van der Waals surface area contributed by atoms with Crippen molar-refractivity contribution in [3.05, 3.63) is 63.0 Å². The van der Waals surface area contributed by atoms with Crippen molar-refractivity contribution >= 4 is 38.8 Å². The summed E-state index contributed by atoms with van der Waals surface area (Å²) in [6.45, 7) is 4.66. The van der Waals surface area contributed by atoms with Crippen molar-refractivity contribution in [1.82, 2.24) is 19.4 Å². The number of aryl methyl sites for hydroxylation is 1. The third-order valence-corrected chi connectivity index (χ3v) is 5.66. The van der Waals surface area contributed by atoms with E-state index in [2.05, 4.69) is 25.9 Å². The van der Waals surface area contributed by atoms with Gasteiger partial charge in [0.05, 0.1) is 5.56 Å². The van der Waals surface area contributed by atoms with E-state index in [0.29, 0.717) is 55.3 Å². The minimum Gasteiger partial charge on any atom is -0.348 e. The average Bonchev–Trinajstić information content (AvgIpc) is 2.73. The van der Waals surface area contributed by atoms with Crippen molar-refractivity contribution in [3.63, 3.8) is 0 Å². The quantitative estimate of drug-likeness (QED) is 0.624. The number of carbonyl (C=O) groups excluding carboxylic acids is 1. The molecular weight excluding hydrogens is 422 g/mol. The summed E-state index contributed by atoms with van der Waals surface area (Å²) in [5.74, 6) is 0.420. The Morgan fingerprint density at radius 3 is 2.57 bits per heavy atom. The second-order valence-corrected chi connectivity index (χ2v) is 7.44. The van der Waals surface area contributed by atoms with Crippen molar-refractivity contribution in [2.24, 2.45) is 0 Å². The summed E-state index contributed by atoms with van der Waals surface area (Å²) < 4.78 is 2.44. The lowest BCUT2D eigenvalue weighted by molar-refractivity contribution is 0.0745. The van der Waals surface area contributed by atoms with Crippen LogP contribution in [0.2, 0.25) is 0 Å². The highest BCUT2D eigenvalue weighted by Gasteiger charge is 2.26. The summed E-state index contributed by atoms with van der Waals surface area (Å²) in [7, 11) is 0. The van der Waals surface area contributed by atoms with Crippen molar-refractivity contribution in [3.8, 4) is 0 Å². The summed E-state index contributed by atoms with van der Waals surface area (Å²) in [5, 5.41) is 0. The van der Waals surface area contributed by atoms with Gasteiger partial charge in [-0.2, -0.15) is 0 Å². The van der Waals surface area contributed by atoms with E-state index in [9.17, 15) is 9.59 Å². The van der Waals surface area contributed by atoms with Gasteiger partial charge in [0.1, 0.15) is 5.52 Å². The van der Waals surface area contributed by atoms with Gasteiger partial charge in [0, 0.05) is 43.4 Å². The molecule has 0 bridgehead atoms. The maximum absolute atomic E-state index is 12.9. The van der Waals surface area contributed by atoms with E-state index < -0.39 is 0 Å². The van der Waals surface area contributed by atoms with E-state index in [1.807, 2.05) is 53.1 Å². The minimum absolute atomic E-state index is 0.00577. The van der Waals surface area contributed by atoms with Crippen LogP contribution < -0.4 is 10.5 Å². The lowest BCUT2D eigenvalue weighted by atomic mass is 10.2. The largest absolute Gasteiger partial charge is 0.348 e. The zero-order chi connectivity index (χ0) is 19.7. The highest BCUT2D eigenvalue weighted by atomic mass is 79.9. The van der Waals surface area contributed by atoms with Crippen LogP contribution >= 0.6 is 15.9 Å². The molecule has 1 aliphatic rings. The van der Waals surface area contributed by atoms with Gasteiger partial charge < -0.3 is 9.80 Å². The first-order valence-electron chi connectivity index (χ1n) is 9.24. The Morgan fingerprint density at radius 2 is 1.86 bits per heavy atom. The Labute approximate surface area is 170 Å². The van der Waals surface area contributed by atoms with Crippen LogP contribution in [0, 0.1) is 0 Å². The van der Waals surface area contributed by atoms with E-state index in [1.54, 1.807) is 10.8 Å². The maximum Gasteiger partial charge on any atom is 0.295 e. The van der Waals surface area contributed by atoms with Gasteiger partial charge >= 0.3 is 0 Å². The molecule has 0 unspecified atom stereocenters. The first-order valence-corrected chi connectivity index (χ1v) is 10.0. The molecule has 0 saturated carbocycles. The first-order chi connectivity index (χ1) is 13.6. The molecule has 7 nitrogen and oxygen atoms in total. The average molecular weight is 442 g/mol. The van der Waals surface area contributed by atoms with Crippen molar-refractivity contribution in [2.45, 2.75) is 13.5 Å². The van der Waals surface area contributed by atoms with Gasteiger partial charge in [-0.1, -0.05) is 12.1 Å². The van der Waals surface area contributed by atoms with Crippen LogP contribution in [0.3, 0.4) is 0 Å². The van der Waals surface area contributed by atoms with Crippen LogP contribution in [-0.2, 0) is 6.54 Å². The van der Waals surface area contributed by atoms with E-state index in [1.165, 1.54) is 0 Å². The predicted octanol–water partition coefficient (Wildman–Crippen LogP) is 2.54. The number of amides is 1. The molecule has 0 aliphatic carbocycles. The van der Waals surface area contributed by atoms with E-state index in [-0.39, 0.29) is 11.5 Å². The van der Waals surface area contributed by atoms with E-state index in [0.717, 1.165) is 4.47 Å². The molecule has 0 N–H and O–H groups in total. The number of piperazine rings is 1. The monoisotopic (exact) mass is 441 g/mol. The molecule has 0 radical (unpaired) electrons. The smallest absolute Gasteiger partial charge is 0.295 e. The summed E-state index contributed by atoms with van der Waals surface area (Å²) >= 11 is 3.44. The Morgan fingerprint density at radius 1 is 1.11 bits per heavy atom. The second kappa shape index (κ2) is 7.71. The first kappa shape index (κ1) is 18.6. The third kappa shape index (κ3) is 3.28. The molecule has 1 fully saturated rings. The molecule has 28 heavy (non-hydrogen) atoms. The molecule has 1 aromatic carbocycles. The topological polar surface area (TPSA) is 71.3 Å². The Balaban J connectivity index is 1.57. The molecule has 4 rings (SSSR count). The minimum atomic E-state index is -0.140. The number of pyridine rings is 1. The maximum atomic E-state index is 12.9. The standard InChI is InChI=1S/C20H20BrN5O2/c1-2-26-17-16(8-5-9-22-17)23-18(20(26)28)24-10-12-25(13-11-24)19(27)14-6-3-4-7-15(14)21/h3-9H,2,10-13H2,1H3. The van der Waals surface area contributed by atoms with Crippen LogP contribution in [0.1, 0.15) is 17.3 Å². The van der Waals surface area contributed by atoms with Gasteiger partial charge in [-0.3, -0.25) is 14.2 Å². The number of anilines is 1. The molecule has 1 amide bonds. The lowest BCUT2D eigenvalue weighted by Gasteiger charge is -2.35. The Kier molecular flexibility index (Phi) is 5.13. The summed E-state index contributed by atoms with van der Waals surface area (Å²) in [4.78, 5) is 38.4. The number of aromatic nitrogens is 3. The van der Waals surface area contributed by atoms with Gasteiger partial charge in [-0.05, 0) is 47.1 Å². The molecule has 3 aromatic rings. The number of hydrogen-bond donors (Lipinski definition) is 0. The molecule has 1 saturated heterocycles. The van der Waals surface area contributed by atoms with Crippen molar-refractivity contribution in [2.75, 3.05) is 31.1 Å². The number of benzene rings is 1. The molecule has 2 aromatic heterocycles. The lowest BCUT2D eigenvalue weighted by Crippen LogP contribution is -2.50. The van der Waals surface area contributed by atoms with Gasteiger partial charge in [-0.25, -0.2) is 9.97 Å². The van der Waals surface area contributed by atoms with Crippen LogP contribution in [0.5, 0.6) is 0 Å². The van der Waals surface area contributed by atoms with E-state index >= 15 is 0 Å².